The summed E-state index contributed by atoms with van der Waals surface area (Å²) in [5.41, 5.74) is 0.0992. The van der Waals surface area contributed by atoms with Gasteiger partial charge in [0.2, 0.25) is 5.91 Å². The minimum Gasteiger partial charge on any atom is -0.478 e. The predicted octanol–water partition coefficient (Wildman–Crippen LogP) is 3.74. The number of aryl methyl sites for hydroxylation is 1. The molecule has 1 aliphatic heterocycles. The van der Waals surface area contributed by atoms with Crippen LogP contribution in [0.15, 0.2) is 42.5 Å². The number of anilines is 2. The zero-order valence-electron chi connectivity index (χ0n) is 13.7. The number of rotatable bonds is 3. The molecule has 3 rings (SSSR count). The Morgan fingerprint density at radius 1 is 1.23 bits per heavy atom. The first-order valence-corrected chi connectivity index (χ1v) is 7.78. The van der Waals surface area contributed by atoms with E-state index in [1.807, 2.05) is 6.92 Å². The lowest BCUT2D eigenvalue weighted by Gasteiger charge is -2.26. The van der Waals surface area contributed by atoms with Crippen LogP contribution in [-0.2, 0) is 15.8 Å². The molecular formula is C18H15F3N2O3. The second kappa shape index (κ2) is 6.70. The molecule has 1 atom stereocenters. The fraction of sp³-hybridized carbons (Fsp3) is 0.222. The Morgan fingerprint density at radius 3 is 2.69 bits per heavy atom. The number of ether oxygens (including phenoxy) is 1. The first-order chi connectivity index (χ1) is 12.2. The second-order valence-corrected chi connectivity index (χ2v) is 5.89. The molecular weight excluding hydrogens is 349 g/mol. The van der Waals surface area contributed by atoms with Crippen LogP contribution in [0.5, 0.6) is 5.75 Å². The van der Waals surface area contributed by atoms with Gasteiger partial charge in [-0.2, -0.15) is 13.2 Å². The van der Waals surface area contributed by atoms with Crippen LogP contribution < -0.4 is 15.4 Å². The summed E-state index contributed by atoms with van der Waals surface area (Å²) in [5, 5.41) is 4.83. The van der Waals surface area contributed by atoms with Crippen LogP contribution >= 0.6 is 0 Å². The second-order valence-electron chi connectivity index (χ2n) is 5.89. The number of benzene rings is 2. The Bertz CT molecular complexity index is 865. The van der Waals surface area contributed by atoms with Gasteiger partial charge < -0.3 is 15.4 Å². The van der Waals surface area contributed by atoms with Gasteiger partial charge in [-0.25, -0.2) is 0 Å². The highest BCUT2D eigenvalue weighted by Crippen LogP contribution is 2.35. The first kappa shape index (κ1) is 17.8. The van der Waals surface area contributed by atoms with Crippen molar-refractivity contribution in [2.75, 3.05) is 10.6 Å². The molecule has 0 spiro atoms. The number of alkyl halides is 3. The van der Waals surface area contributed by atoms with E-state index in [-0.39, 0.29) is 5.69 Å². The topological polar surface area (TPSA) is 67.4 Å². The van der Waals surface area contributed by atoms with Crippen molar-refractivity contribution in [1.29, 1.82) is 0 Å². The van der Waals surface area contributed by atoms with Crippen LogP contribution in [0.1, 0.15) is 17.5 Å². The van der Waals surface area contributed by atoms with Gasteiger partial charge in [0.15, 0.2) is 6.10 Å². The number of hydrogen-bond acceptors (Lipinski definition) is 3. The van der Waals surface area contributed by atoms with Gasteiger partial charge in [-0.1, -0.05) is 18.2 Å². The molecule has 0 saturated heterocycles. The molecule has 5 nitrogen and oxygen atoms in total. The van der Waals surface area contributed by atoms with Gasteiger partial charge in [-0.05, 0) is 36.8 Å². The zero-order valence-corrected chi connectivity index (χ0v) is 13.7. The maximum Gasteiger partial charge on any atom is 0.418 e. The van der Waals surface area contributed by atoms with Crippen molar-refractivity contribution in [2.45, 2.75) is 25.6 Å². The van der Waals surface area contributed by atoms with E-state index in [0.717, 1.165) is 17.7 Å². The first-order valence-electron chi connectivity index (χ1n) is 7.78. The van der Waals surface area contributed by atoms with E-state index in [9.17, 15) is 22.8 Å². The number of hydrogen-bond donors (Lipinski definition) is 2. The molecule has 1 heterocycles. The molecule has 1 unspecified atom stereocenters. The van der Waals surface area contributed by atoms with Crippen molar-refractivity contribution in [3.63, 3.8) is 0 Å². The van der Waals surface area contributed by atoms with Gasteiger partial charge in [-0.15, -0.1) is 0 Å². The Kier molecular flexibility index (Phi) is 4.58. The molecule has 2 aromatic rings. The summed E-state index contributed by atoms with van der Waals surface area (Å²) in [6.45, 7) is 1.85. The summed E-state index contributed by atoms with van der Waals surface area (Å²) in [4.78, 5) is 24.2. The summed E-state index contributed by atoms with van der Waals surface area (Å²) in [7, 11) is 0. The number of fused-ring (bicyclic) bond motifs is 1. The molecule has 0 radical (unpaired) electrons. The fourth-order valence-corrected chi connectivity index (χ4v) is 2.61. The van der Waals surface area contributed by atoms with Gasteiger partial charge in [0.25, 0.3) is 5.91 Å². The molecule has 0 saturated carbocycles. The van der Waals surface area contributed by atoms with Crippen LogP contribution in [0, 0.1) is 6.92 Å². The minimum absolute atomic E-state index is 0.364. The Balaban J connectivity index is 1.72. The number of nitrogens with one attached hydrogen (secondary N) is 2. The highest BCUT2D eigenvalue weighted by Gasteiger charge is 2.34. The van der Waals surface area contributed by atoms with Crippen molar-refractivity contribution >= 4 is 23.2 Å². The van der Waals surface area contributed by atoms with Gasteiger partial charge in [0.05, 0.1) is 23.4 Å². The van der Waals surface area contributed by atoms with Gasteiger partial charge >= 0.3 is 6.18 Å². The fourth-order valence-electron chi connectivity index (χ4n) is 2.61. The maximum absolute atomic E-state index is 13.0. The van der Waals surface area contributed by atoms with Gasteiger partial charge in [-0.3, -0.25) is 9.59 Å². The summed E-state index contributed by atoms with van der Waals surface area (Å²) in [6.07, 6.45) is -6.13. The van der Waals surface area contributed by atoms with Crippen molar-refractivity contribution < 1.29 is 27.5 Å². The average Bonchev–Trinajstić information content (AvgIpc) is 2.55. The molecule has 2 aromatic carbocycles. The predicted molar refractivity (Wildman–Crippen MR) is 88.9 cm³/mol. The Morgan fingerprint density at radius 2 is 1.96 bits per heavy atom. The van der Waals surface area contributed by atoms with E-state index in [4.69, 9.17) is 4.74 Å². The van der Waals surface area contributed by atoms with Crippen LogP contribution in [0.4, 0.5) is 24.5 Å². The molecule has 136 valence electrons. The zero-order chi connectivity index (χ0) is 18.9. The van der Waals surface area contributed by atoms with Crippen LogP contribution in [0.25, 0.3) is 0 Å². The number of amides is 2. The summed E-state index contributed by atoms with van der Waals surface area (Å²) in [6, 6.07) is 9.81. The van der Waals surface area contributed by atoms with Crippen molar-refractivity contribution in [3.8, 4) is 5.75 Å². The standard InChI is InChI=1S/C18H15F3N2O3/c1-10-6-7-14-13(8-10)23-17(25)15(26-14)9-16(24)22-12-5-3-2-4-11(12)18(19,20)21/h2-8,15H,9H2,1H3,(H,22,24)(H,23,25). The maximum atomic E-state index is 13.0. The van der Waals surface area contributed by atoms with Crippen LogP contribution in [-0.4, -0.2) is 17.9 Å². The van der Waals surface area contributed by atoms with Crippen molar-refractivity contribution in [1.82, 2.24) is 0 Å². The number of halogens is 3. The van der Waals surface area contributed by atoms with Gasteiger partial charge in [0, 0.05) is 0 Å². The molecule has 2 amide bonds. The molecule has 0 aromatic heterocycles. The third kappa shape index (κ3) is 3.79. The quantitative estimate of drug-likeness (QED) is 0.872. The van der Waals surface area contributed by atoms with Crippen LogP contribution in [0.3, 0.4) is 0 Å². The highest BCUT2D eigenvalue weighted by atomic mass is 19.4. The lowest BCUT2D eigenvalue weighted by Crippen LogP contribution is -2.39. The molecule has 0 aliphatic carbocycles. The molecule has 8 heteroatoms. The Labute approximate surface area is 147 Å². The van der Waals surface area contributed by atoms with E-state index in [2.05, 4.69) is 10.6 Å². The average molecular weight is 364 g/mol. The highest BCUT2D eigenvalue weighted by molar-refractivity contribution is 6.02. The smallest absolute Gasteiger partial charge is 0.418 e. The van der Waals surface area contributed by atoms with E-state index >= 15 is 0 Å². The normalized spacial score (nSPS) is 16.3. The van der Waals surface area contributed by atoms with E-state index < -0.39 is 36.1 Å². The molecule has 0 fully saturated rings. The lowest BCUT2D eigenvalue weighted by atomic mass is 10.1. The number of carbonyl (C=O) groups is 2. The van der Waals surface area contributed by atoms with Crippen molar-refractivity contribution in [2.24, 2.45) is 0 Å². The van der Waals surface area contributed by atoms with E-state index in [1.165, 1.54) is 12.1 Å². The van der Waals surface area contributed by atoms with E-state index in [1.54, 1.807) is 18.2 Å². The van der Waals surface area contributed by atoms with Gasteiger partial charge in [0.1, 0.15) is 5.75 Å². The third-order valence-corrected chi connectivity index (χ3v) is 3.83. The summed E-state index contributed by atoms with van der Waals surface area (Å²) < 4.78 is 44.4. The SMILES string of the molecule is Cc1ccc2c(c1)NC(=O)C(CC(=O)Nc1ccccc1C(F)(F)F)O2. The molecule has 1 aliphatic rings. The molecule has 0 bridgehead atoms. The number of carbonyl (C=O) groups excluding carboxylic acids is 2. The lowest BCUT2D eigenvalue weighted by molar-refractivity contribution is -0.137. The van der Waals surface area contributed by atoms with Crippen molar-refractivity contribution in [3.05, 3.63) is 53.6 Å². The van der Waals surface area contributed by atoms with E-state index in [0.29, 0.717) is 11.4 Å². The number of para-hydroxylation sites is 1. The summed E-state index contributed by atoms with van der Waals surface area (Å²) in [5.74, 6) is -0.872. The van der Waals surface area contributed by atoms with Crippen LogP contribution in [0.2, 0.25) is 0 Å². The monoisotopic (exact) mass is 364 g/mol. The largest absolute Gasteiger partial charge is 0.478 e. The molecule has 26 heavy (non-hydrogen) atoms. The summed E-state index contributed by atoms with van der Waals surface area (Å²) >= 11 is 0. The third-order valence-electron chi connectivity index (χ3n) is 3.83. The Hall–Kier alpha value is -3.03. The minimum atomic E-state index is -4.60. The molecule has 2 N–H and O–H groups in total.